The Hall–Kier alpha value is -3.72. The van der Waals surface area contributed by atoms with Crippen molar-refractivity contribution in [1.29, 1.82) is 0 Å². The number of para-hydroxylation sites is 2. The van der Waals surface area contributed by atoms with Gasteiger partial charge in [-0.15, -0.1) is 0 Å². The van der Waals surface area contributed by atoms with E-state index in [1.165, 1.54) is 0 Å². The minimum atomic E-state index is -0.216. The number of nitrogens with one attached hydrogen (secondary N) is 1. The van der Waals surface area contributed by atoms with Gasteiger partial charge in [-0.3, -0.25) is 9.78 Å². The van der Waals surface area contributed by atoms with Gasteiger partial charge in [0.05, 0.1) is 17.6 Å². The van der Waals surface area contributed by atoms with E-state index in [0.717, 1.165) is 37.6 Å². The minimum absolute atomic E-state index is 0.216. The molecule has 1 saturated heterocycles. The van der Waals surface area contributed by atoms with Crippen molar-refractivity contribution in [3.05, 3.63) is 78.2 Å². The van der Waals surface area contributed by atoms with E-state index >= 15 is 0 Å². The lowest BCUT2D eigenvalue weighted by Gasteiger charge is -2.35. The van der Waals surface area contributed by atoms with Gasteiger partial charge in [-0.05, 0) is 42.0 Å². The second-order valence-corrected chi connectivity index (χ2v) is 7.68. The monoisotopic (exact) mass is 448 g/mol. The molecule has 3 aromatic rings. The van der Waals surface area contributed by atoms with Gasteiger partial charge in [0, 0.05) is 44.1 Å². The summed E-state index contributed by atoms with van der Waals surface area (Å²) in [5.41, 5.74) is 8.47. The zero-order valence-corrected chi connectivity index (χ0v) is 18.3. The van der Waals surface area contributed by atoms with Gasteiger partial charge in [0.15, 0.2) is 0 Å². The summed E-state index contributed by atoms with van der Waals surface area (Å²) < 4.78 is 5.81. The van der Waals surface area contributed by atoms with E-state index in [0.29, 0.717) is 28.7 Å². The van der Waals surface area contributed by atoms with Gasteiger partial charge < -0.3 is 25.6 Å². The third-order valence-electron chi connectivity index (χ3n) is 5.20. The normalized spacial score (nSPS) is 13.5. The predicted molar refractivity (Wildman–Crippen MR) is 128 cm³/mol. The molecule has 1 aliphatic heterocycles. The summed E-state index contributed by atoms with van der Waals surface area (Å²) in [6.45, 7) is 3.47. The SMILES string of the molecule is Nc1ccccc1NC(=O)c1ccc(COC(=S)N2CCN(c3cnccn3)CC2)cc1. The number of benzene rings is 2. The van der Waals surface area contributed by atoms with Crippen LogP contribution in [0.3, 0.4) is 0 Å². The number of rotatable bonds is 5. The van der Waals surface area contributed by atoms with Crippen LogP contribution in [0.5, 0.6) is 0 Å². The number of hydrogen-bond donors (Lipinski definition) is 2. The first-order valence-electron chi connectivity index (χ1n) is 10.3. The molecule has 2 heterocycles. The van der Waals surface area contributed by atoms with Gasteiger partial charge in [0.2, 0.25) is 0 Å². The standard InChI is InChI=1S/C23H24N6O2S/c24-19-3-1-2-4-20(19)27-22(30)18-7-5-17(6-8-18)16-31-23(32)29-13-11-28(12-14-29)21-15-25-9-10-26-21/h1-10,15H,11-14,16,24H2,(H,27,30). The fourth-order valence-corrected chi connectivity index (χ4v) is 3.61. The molecule has 0 aliphatic carbocycles. The molecule has 8 nitrogen and oxygen atoms in total. The average molecular weight is 449 g/mol. The van der Waals surface area contributed by atoms with Crippen LogP contribution in [-0.4, -0.2) is 52.1 Å². The summed E-state index contributed by atoms with van der Waals surface area (Å²) in [6.07, 6.45) is 5.13. The highest BCUT2D eigenvalue weighted by Crippen LogP contribution is 2.18. The van der Waals surface area contributed by atoms with Crippen molar-refractivity contribution in [2.45, 2.75) is 6.61 Å². The highest BCUT2D eigenvalue weighted by Gasteiger charge is 2.20. The molecule has 2 aromatic carbocycles. The largest absolute Gasteiger partial charge is 0.466 e. The number of nitrogens with two attached hydrogens (primary N) is 1. The number of carbonyl (C=O) groups excluding carboxylic acids is 1. The van der Waals surface area contributed by atoms with Crippen LogP contribution in [-0.2, 0) is 11.3 Å². The lowest BCUT2D eigenvalue weighted by atomic mass is 10.1. The highest BCUT2D eigenvalue weighted by molar-refractivity contribution is 7.80. The number of aromatic nitrogens is 2. The van der Waals surface area contributed by atoms with Crippen LogP contribution in [0.25, 0.3) is 0 Å². The highest BCUT2D eigenvalue weighted by atomic mass is 32.1. The lowest BCUT2D eigenvalue weighted by Crippen LogP contribution is -2.49. The molecule has 3 N–H and O–H groups in total. The van der Waals surface area contributed by atoms with Crippen LogP contribution >= 0.6 is 12.2 Å². The molecule has 164 valence electrons. The van der Waals surface area contributed by atoms with Crippen LogP contribution in [0.15, 0.2) is 67.1 Å². The molecule has 1 fully saturated rings. The van der Waals surface area contributed by atoms with Gasteiger partial charge in [-0.25, -0.2) is 4.98 Å². The third-order valence-corrected chi connectivity index (χ3v) is 5.57. The van der Waals surface area contributed by atoms with Crippen molar-refractivity contribution < 1.29 is 9.53 Å². The Morgan fingerprint density at radius 3 is 2.50 bits per heavy atom. The summed E-state index contributed by atoms with van der Waals surface area (Å²) in [6, 6.07) is 14.4. The molecule has 1 aromatic heterocycles. The average Bonchev–Trinajstić information content (AvgIpc) is 2.85. The van der Waals surface area contributed by atoms with Gasteiger partial charge in [-0.2, -0.15) is 0 Å². The summed E-state index contributed by atoms with van der Waals surface area (Å²) in [7, 11) is 0. The number of thiocarbonyl (C=S) groups is 1. The number of amides is 1. The van der Waals surface area contributed by atoms with Crippen LogP contribution in [0.4, 0.5) is 17.2 Å². The number of ether oxygens (including phenoxy) is 1. The molecule has 0 radical (unpaired) electrons. The first kappa shape index (κ1) is 21.5. The fourth-order valence-electron chi connectivity index (χ4n) is 3.37. The molecule has 0 spiro atoms. The Kier molecular flexibility index (Phi) is 6.76. The summed E-state index contributed by atoms with van der Waals surface area (Å²) in [5.74, 6) is 0.657. The fraction of sp³-hybridized carbons (Fsp3) is 0.217. The van der Waals surface area contributed by atoms with E-state index in [1.807, 2.05) is 29.2 Å². The van der Waals surface area contributed by atoms with E-state index in [4.69, 9.17) is 22.7 Å². The van der Waals surface area contributed by atoms with Crippen molar-refractivity contribution in [1.82, 2.24) is 14.9 Å². The molecule has 1 amide bonds. The van der Waals surface area contributed by atoms with E-state index in [9.17, 15) is 4.79 Å². The third kappa shape index (κ3) is 5.30. The second kappa shape index (κ2) is 10.1. The van der Waals surface area contributed by atoms with Gasteiger partial charge in [0.1, 0.15) is 12.4 Å². The summed E-state index contributed by atoms with van der Waals surface area (Å²) in [4.78, 5) is 25.1. The zero-order chi connectivity index (χ0) is 22.3. The van der Waals surface area contributed by atoms with Crippen molar-refractivity contribution in [2.24, 2.45) is 0 Å². The van der Waals surface area contributed by atoms with E-state index < -0.39 is 0 Å². The number of hydrogen-bond acceptors (Lipinski definition) is 7. The first-order valence-corrected chi connectivity index (χ1v) is 10.7. The van der Waals surface area contributed by atoms with Crippen LogP contribution in [0.2, 0.25) is 0 Å². The number of nitrogen functional groups attached to an aromatic ring is 1. The number of nitrogens with zero attached hydrogens (tertiary/aromatic N) is 4. The second-order valence-electron chi connectivity index (χ2n) is 7.33. The van der Waals surface area contributed by atoms with Crippen molar-refractivity contribution in [3.63, 3.8) is 0 Å². The van der Waals surface area contributed by atoms with E-state index in [2.05, 4.69) is 20.2 Å². The van der Waals surface area contributed by atoms with Crippen LogP contribution < -0.4 is 16.0 Å². The number of carbonyl (C=O) groups is 1. The van der Waals surface area contributed by atoms with Gasteiger partial charge in [0.25, 0.3) is 11.1 Å². The molecule has 32 heavy (non-hydrogen) atoms. The van der Waals surface area contributed by atoms with Gasteiger partial charge >= 0.3 is 0 Å². The molecule has 1 aliphatic rings. The zero-order valence-electron chi connectivity index (χ0n) is 17.5. The molecule has 9 heteroatoms. The van der Waals surface area contributed by atoms with Crippen molar-refractivity contribution >= 4 is 40.5 Å². The van der Waals surface area contributed by atoms with E-state index in [-0.39, 0.29) is 5.91 Å². The Morgan fingerprint density at radius 1 is 1.06 bits per heavy atom. The Labute approximate surface area is 192 Å². The van der Waals surface area contributed by atoms with E-state index in [1.54, 1.807) is 42.9 Å². The maximum atomic E-state index is 12.4. The molecule has 0 bridgehead atoms. The molecule has 0 saturated carbocycles. The molecule has 0 atom stereocenters. The Morgan fingerprint density at radius 2 is 1.81 bits per heavy atom. The minimum Gasteiger partial charge on any atom is -0.466 e. The quantitative estimate of drug-likeness (QED) is 0.454. The topological polar surface area (TPSA) is 96.6 Å². The molecule has 4 rings (SSSR count). The summed E-state index contributed by atoms with van der Waals surface area (Å²) >= 11 is 5.46. The number of anilines is 3. The molecular formula is C23H24N6O2S. The van der Waals surface area contributed by atoms with Crippen LogP contribution in [0, 0.1) is 0 Å². The maximum Gasteiger partial charge on any atom is 0.259 e. The Bertz CT molecular complexity index is 1070. The van der Waals surface area contributed by atoms with Crippen molar-refractivity contribution in [3.8, 4) is 0 Å². The first-order chi connectivity index (χ1) is 15.6. The van der Waals surface area contributed by atoms with Crippen LogP contribution in [0.1, 0.15) is 15.9 Å². The predicted octanol–water partition coefficient (Wildman–Crippen LogP) is 2.93. The molecular weight excluding hydrogens is 424 g/mol. The smallest absolute Gasteiger partial charge is 0.259 e. The van der Waals surface area contributed by atoms with Crippen molar-refractivity contribution in [2.75, 3.05) is 42.1 Å². The maximum absolute atomic E-state index is 12.4. The Balaban J connectivity index is 1.25. The van der Waals surface area contributed by atoms with Gasteiger partial charge in [-0.1, -0.05) is 24.3 Å². The number of piperazine rings is 1. The summed E-state index contributed by atoms with van der Waals surface area (Å²) in [5, 5.41) is 3.30. The molecule has 0 unspecified atom stereocenters. The lowest BCUT2D eigenvalue weighted by molar-refractivity contribution is 0.102.